The summed E-state index contributed by atoms with van der Waals surface area (Å²) >= 11 is 0. The summed E-state index contributed by atoms with van der Waals surface area (Å²) in [6, 6.07) is 7.66. The van der Waals surface area contributed by atoms with Gasteiger partial charge in [-0.3, -0.25) is 0 Å². The van der Waals surface area contributed by atoms with Crippen molar-refractivity contribution in [3.05, 3.63) is 53.6 Å². The van der Waals surface area contributed by atoms with Crippen LogP contribution in [0.2, 0.25) is 0 Å². The molecule has 1 aromatic rings. The number of aryl methyl sites for hydroxylation is 1. The monoisotopic (exact) mass is 287 g/mol. The number of hydrogen-bond acceptors (Lipinski definition) is 1. The molecule has 20 heavy (non-hydrogen) atoms. The number of hydrogen-bond donors (Lipinski definition) is 0. The van der Waals surface area contributed by atoms with Crippen molar-refractivity contribution in [3.63, 3.8) is 0 Å². The molecule has 0 spiro atoms. The highest BCUT2D eigenvalue weighted by molar-refractivity contribution is 7.83. The second kappa shape index (κ2) is 6.80. The minimum atomic E-state index is -1.30. The third-order valence-corrected chi connectivity index (χ3v) is 4.65. The molecule has 0 unspecified atom stereocenters. The fourth-order valence-corrected chi connectivity index (χ4v) is 2.97. The Morgan fingerprint density at radius 1 is 1.40 bits per heavy atom. The molecule has 0 amide bonds. The number of nitrogens with zero attached hydrogens (tertiary/aromatic N) is 1. The summed E-state index contributed by atoms with van der Waals surface area (Å²) in [7, 11) is -1.30. The Balaban J connectivity index is 1.98. The van der Waals surface area contributed by atoms with Crippen LogP contribution in [0.3, 0.4) is 0 Å². The fraction of sp³-hybridized carbons (Fsp3) is 0.353. The molecule has 0 aliphatic heterocycles. The van der Waals surface area contributed by atoms with Crippen molar-refractivity contribution in [3.8, 4) is 0 Å². The van der Waals surface area contributed by atoms with Crippen LogP contribution in [-0.2, 0) is 11.0 Å². The maximum absolute atomic E-state index is 12.0. The molecule has 106 valence electrons. The molecule has 0 N–H and O–H groups in total. The van der Waals surface area contributed by atoms with Gasteiger partial charge in [0.1, 0.15) is 0 Å². The number of allylic oxidation sites excluding steroid dienone is 3. The lowest BCUT2D eigenvalue weighted by atomic mass is 9.86. The highest BCUT2D eigenvalue weighted by Crippen LogP contribution is 2.27. The van der Waals surface area contributed by atoms with E-state index < -0.39 is 11.0 Å². The zero-order chi connectivity index (χ0) is 14.5. The minimum Gasteiger partial charge on any atom is -0.229 e. The SMILES string of the molecule is C=C(C)[C@@H]1CC=C(/C=N/[S@@](=O)c2ccc(C)cc2)CC1. The van der Waals surface area contributed by atoms with Gasteiger partial charge >= 0.3 is 0 Å². The average Bonchev–Trinajstić information content (AvgIpc) is 2.46. The van der Waals surface area contributed by atoms with Crippen LogP contribution in [0.1, 0.15) is 31.7 Å². The lowest BCUT2D eigenvalue weighted by molar-refractivity contribution is 0.549. The van der Waals surface area contributed by atoms with Crippen LogP contribution in [0.4, 0.5) is 0 Å². The Bertz CT molecular complexity index is 569. The smallest absolute Gasteiger partial charge is 0.172 e. The van der Waals surface area contributed by atoms with E-state index in [1.165, 1.54) is 11.1 Å². The summed E-state index contributed by atoms with van der Waals surface area (Å²) in [5.41, 5.74) is 3.60. The fourth-order valence-electron chi connectivity index (χ4n) is 2.25. The van der Waals surface area contributed by atoms with Gasteiger partial charge in [0, 0.05) is 6.21 Å². The summed E-state index contributed by atoms with van der Waals surface area (Å²) in [6.45, 7) is 8.12. The molecule has 1 aliphatic rings. The molecule has 1 aromatic carbocycles. The maximum atomic E-state index is 12.0. The van der Waals surface area contributed by atoms with E-state index in [0.717, 1.165) is 29.7 Å². The molecule has 0 bridgehead atoms. The Hall–Kier alpha value is -1.48. The van der Waals surface area contributed by atoms with E-state index in [1.807, 2.05) is 31.2 Å². The van der Waals surface area contributed by atoms with Gasteiger partial charge in [0.2, 0.25) is 0 Å². The topological polar surface area (TPSA) is 29.4 Å². The van der Waals surface area contributed by atoms with Crippen LogP contribution in [0.5, 0.6) is 0 Å². The highest BCUT2D eigenvalue weighted by Gasteiger charge is 2.13. The van der Waals surface area contributed by atoms with E-state index in [2.05, 4.69) is 24.0 Å². The lowest BCUT2D eigenvalue weighted by Crippen LogP contribution is -2.07. The molecule has 0 saturated carbocycles. The minimum absolute atomic E-state index is 0.592. The predicted molar refractivity (Wildman–Crippen MR) is 86.3 cm³/mol. The van der Waals surface area contributed by atoms with Gasteiger partial charge in [0.15, 0.2) is 11.0 Å². The Morgan fingerprint density at radius 3 is 2.65 bits per heavy atom. The van der Waals surface area contributed by atoms with E-state index in [0.29, 0.717) is 5.92 Å². The van der Waals surface area contributed by atoms with Gasteiger partial charge in [0.05, 0.1) is 4.90 Å². The van der Waals surface area contributed by atoms with Crippen LogP contribution < -0.4 is 0 Å². The molecule has 0 heterocycles. The molecular weight excluding hydrogens is 266 g/mol. The van der Waals surface area contributed by atoms with Crippen molar-refractivity contribution in [2.24, 2.45) is 10.3 Å². The van der Waals surface area contributed by atoms with Gasteiger partial charge in [-0.2, -0.15) is 4.40 Å². The second-order valence-electron chi connectivity index (χ2n) is 5.39. The third kappa shape index (κ3) is 4.01. The van der Waals surface area contributed by atoms with Crippen molar-refractivity contribution in [2.45, 2.75) is 38.0 Å². The van der Waals surface area contributed by atoms with Gasteiger partial charge < -0.3 is 0 Å². The van der Waals surface area contributed by atoms with E-state index >= 15 is 0 Å². The summed E-state index contributed by atoms with van der Waals surface area (Å²) in [4.78, 5) is 0.753. The molecule has 0 radical (unpaired) electrons. The first-order valence-corrected chi connectivity index (χ1v) is 8.04. The quantitative estimate of drug-likeness (QED) is 0.596. The van der Waals surface area contributed by atoms with Gasteiger partial charge in [-0.1, -0.05) is 35.9 Å². The van der Waals surface area contributed by atoms with Crippen LogP contribution in [-0.4, -0.2) is 10.4 Å². The number of rotatable bonds is 4. The average molecular weight is 287 g/mol. The van der Waals surface area contributed by atoms with Crippen LogP contribution >= 0.6 is 0 Å². The Kier molecular flexibility index (Phi) is 5.07. The molecule has 2 atom stereocenters. The van der Waals surface area contributed by atoms with Crippen molar-refractivity contribution in [2.75, 3.05) is 0 Å². The largest absolute Gasteiger partial charge is 0.229 e. The molecule has 1 aliphatic carbocycles. The zero-order valence-corrected chi connectivity index (χ0v) is 13.0. The number of benzene rings is 1. The van der Waals surface area contributed by atoms with Gasteiger partial charge in [-0.05, 0) is 56.7 Å². The van der Waals surface area contributed by atoms with Crippen LogP contribution in [0.25, 0.3) is 0 Å². The third-order valence-electron chi connectivity index (χ3n) is 3.68. The van der Waals surface area contributed by atoms with E-state index in [-0.39, 0.29) is 0 Å². The predicted octanol–water partition coefficient (Wildman–Crippen LogP) is 4.39. The highest BCUT2D eigenvalue weighted by atomic mass is 32.2. The normalized spacial score (nSPS) is 20.7. The lowest BCUT2D eigenvalue weighted by Gasteiger charge is -2.20. The Labute approximate surface area is 123 Å². The summed E-state index contributed by atoms with van der Waals surface area (Å²) in [6.07, 6.45) is 7.09. The molecule has 0 fully saturated rings. The van der Waals surface area contributed by atoms with E-state index in [1.54, 1.807) is 6.21 Å². The Morgan fingerprint density at radius 2 is 2.10 bits per heavy atom. The molecule has 2 rings (SSSR count). The second-order valence-corrected chi connectivity index (χ2v) is 6.57. The van der Waals surface area contributed by atoms with Gasteiger partial charge in [-0.15, -0.1) is 0 Å². The summed E-state index contributed by atoms with van der Waals surface area (Å²) in [5, 5.41) is 0. The van der Waals surface area contributed by atoms with Crippen LogP contribution in [0.15, 0.2) is 57.4 Å². The first-order chi connectivity index (χ1) is 9.56. The summed E-state index contributed by atoms with van der Waals surface area (Å²) in [5.74, 6) is 0.592. The zero-order valence-electron chi connectivity index (χ0n) is 12.1. The van der Waals surface area contributed by atoms with Crippen molar-refractivity contribution < 1.29 is 4.21 Å². The molecular formula is C17H21NOS. The first kappa shape index (κ1) is 14.9. The first-order valence-electron chi connectivity index (χ1n) is 6.93. The van der Waals surface area contributed by atoms with Gasteiger partial charge in [-0.25, -0.2) is 4.21 Å². The molecule has 0 saturated heterocycles. The molecule has 2 nitrogen and oxygen atoms in total. The van der Waals surface area contributed by atoms with E-state index in [9.17, 15) is 4.21 Å². The maximum Gasteiger partial charge on any atom is 0.172 e. The van der Waals surface area contributed by atoms with Gasteiger partial charge in [0.25, 0.3) is 0 Å². The van der Waals surface area contributed by atoms with Crippen molar-refractivity contribution in [1.29, 1.82) is 0 Å². The van der Waals surface area contributed by atoms with Crippen molar-refractivity contribution in [1.82, 2.24) is 0 Å². The van der Waals surface area contributed by atoms with Crippen LogP contribution in [0, 0.1) is 12.8 Å². The standard InChI is InChI=1S/C17H21NOS/c1-13(2)16-8-6-15(7-9-16)12-18-20(19)17-10-4-14(3)5-11-17/h4-6,10-12,16H,1,7-9H2,2-3H3/b18-12+/t16-,20+/m1/s1. The summed E-state index contributed by atoms with van der Waals surface area (Å²) < 4.78 is 16.2. The molecule has 0 aromatic heterocycles. The van der Waals surface area contributed by atoms with E-state index in [4.69, 9.17) is 0 Å². The van der Waals surface area contributed by atoms with Crippen molar-refractivity contribution >= 4 is 17.2 Å². The molecule has 3 heteroatoms.